The number of anilines is 1. The van der Waals surface area contributed by atoms with Gasteiger partial charge in [0.15, 0.2) is 5.13 Å². The van der Waals surface area contributed by atoms with Gasteiger partial charge in [0, 0.05) is 5.38 Å². The molecule has 1 aliphatic carbocycles. The Kier molecular flexibility index (Phi) is 3.11. The van der Waals surface area contributed by atoms with Crippen molar-refractivity contribution in [2.45, 2.75) is 31.2 Å². The summed E-state index contributed by atoms with van der Waals surface area (Å²) in [6.45, 7) is -0.0155. The number of nitrogens with zero attached hydrogens (tertiary/aromatic N) is 1. The van der Waals surface area contributed by atoms with Gasteiger partial charge in [-0.05, 0) is 12.8 Å². The van der Waals surface area contributed by atoms with Crippen molar-refractivity contribution >= 4 is 22.4 Å². The van der Waals surface area contributed by atoms with Crippen molar-refractivity contribution in [1.82, 2.24) is 10.3 Å². The van der Waals surface area contributed by atoms with Gasteiger partial charge in [0.05, 0.1) is 12.1 Å². The van der Waals surface area contributed by atoms with E-state index >= 15 is 0 Å². The van der Waals surface area contributed by atoms with Crippen molar-refractivity contribution < 1.29 is 9.90 Å². The Morgan fingerprint density at radius 3 is 2.81 bits per heavy atom. The van der Waals surface area contributed by atoms with Crippen LogP contribution in [0, 0.1) is 0 Å². The summed E-state index contributed by atoms with van der Waals surface area (Å²) in [7, 11) is 0. The summed E-state index contributed by atoms with van der Waals surface area (Å²) in [6.07, 6.45) is 3.74. The minimum absolute atomic E-state index is 0.0155. The van der Waals surface area contributed by atoms with E-state index in [1.807, 2.05) is 0 Å². The zero-order valence-electron chi connectivity index (χ0n) is 8.90. The number of aliphatic hydroxyl groups excluding tert-OH is 1. The van der Waals surface area contributed by atoms with Gasteiger partial charge in [0.2, 0.25) is 0 Å². The Balaban J connectivity index is 2.06. The van der Waals surface area contributed by atoms with Gasteiger partial charge in [-0.25, -0.2) is 4.98 Å². The molecule has 1 aromatic heterocycles. The van der Waals surface area contributed by atoms with E-state index in [0.717, 1.165) is 25.7 Å². The average molecular weight is 241 g/mol. The number of amides is 1. The molecule has 0 bridgehead atoms. The summed E-state index contributed by atoms with van der Waals surface area (Å²) < 4.78 is 0. The number of nitrogens with one attached hydrogen (secondary N) is 1. The monoisotopic (exact) mass is 241 g/mol. The average Bonchev–Trinajstić information content (AvgIpc) is 2.88. The maximum Gasteiger partial charge on any atom is 0.271 e. The van der Waals surface area contributed by atoms with E-state index in [0.29, 0.717) is 10.8 Å². The van der Waals surface area contributed by atoms with Crippen molar-refractivity contribution in [1.29, 1.82) is 0 Å². The number of carbonyl (C=O) groups is 1. The molecule has 2 rings (SSSR count). The number of hydrogen-bond donors (Lipinski definition) is 3. The number of aromatic nitrogens is 1. The zero-order chi connectivity index (χ0) is 11.6. The molecule has 0 aromatic carbocycles. The molecule has 1 saturated carbocycles. The highest BCUT2D eigenvalue weighted by Gasteiger charge is 2.35. The third-order valence-electron chi connectivity index (χ3n) is 3.00. The Hall–Kier alpha value is -1.14. The van der Waals surface area contributed by atoms with Crippen LogP contribution < -0.4 is 11.1 Å². The van der Waals surface area contributed by atoms with E-state index in [1.165, 1.54) is 11.3 Å². The zero-order valence-corrected chi connectivity index (χ0v) is 9.72. The normalized spacial score (nSPS) is 18.6. The molecule has 88 valence electrons. The SMILES string of the molecule is Nc1nc(C(=O)NC2(CO)CCCC2)cs1. The first-order chi connectivity index (χ1) is 7.65. The van der Waals surface area contributed by atoms with Gasteiger partial charge < -0.3 is 16.2 Å². The van der Waals surface area contributed by atoms with Crippen molar-refractivity contribution in [2.24, 2.45) is 0 Å². The first-order valence-electron chi connectivity index (χ1n) is 5.30. The van der Waals surface area contributed by atoms with Crippen LogP contribution in [-0.2, 0) is 0 Å². The quantitative estimate of drug-likeness (QED) is 0.729. The Bertz CT molecular complexity index is 385. The van der Waals surface area contributed by atoms with Crippen LogP contribution in [-0.4, -0.2) is 28.1 Å². The largest absolute Gasteiger partial charge is 0.394 e. The predicted molar refractivity (Wildman–Crippen MR) is 62.3 cm³/mol. The molecule has 0 aliphatic heterocycles. The highest BCUT2D eigenvalue weighted by atomic mass is 32.1. The Morgan fingerprint density at radius 1 is 1.62 bits per heavy atom. The molecule has 1 fully saturated rings. The van der Waals surface area contributed by atoms with Gasteiger partial charge in [0.1, 0.15) is 5.69 Å². The van der Waals surface area contributed by atoms with Crippen LogP contribution in [0.25, 0.3) is 0 Å². The second-order valence-corrected chi connectivity index (χ2v) is 5.06. The molecule has 0 unspecified atom stereocenters. The fourth-order valence-corrected chi connectivity index (χ4v) is 2.61. The van der Waals surface area contributed by atoms with Gasteiger partial charge in [-0.2, -0.15) is 0 Å². The van der Waals surface area contributed by atoms with Crippen LogP contribution in [0.3, 0.4) is 0 Å². The second-order valence-electron chi connectivity index (χ2n) is 4.17. The highest BCUT2D eigenvalue weighted by molar-refractivity contribution is 7.13. The second kappa shape index (κ2) is 4.39. The Labute approximate surface area is 97.7 Å². The fraction of sp³-hybridized carbons (Fsp3) is 0.600. The molecule has 5 nitrogen and oxygen atoms in total. The van der Waals surface area contributed by atoms with Crippen LogP contribution in [0.5, 0.6) is 0 Å². The lowest BCUT2D eigenvalue weighted by molar-refractivity contribution is 0.0834. The van der Waals surface area contributed by atoms with Crippen molar-refractivity contribution in [3.8, 4) is 0 Å². The van der Waals surface area contributed by atoms with Gasteiger partial charge in [-0.3, -0.25) is 4.79 Å². The third-order valence-corrected chi connectivity index (χ3v) is 3.67. The first kappa shape index (κ1) is 11.3. The van der Waals surface area contributed by atoms with E-state index in [1.54, 1.807) is 5.38 Å². The minimum Gasteiger partial charge on any atom is -0.394 e. The van der Waals surface area contributed by atoms with Crippen molar-refractivity contribution in [2.75, 3.05) is 12.3 Å². The van der Waals surface area contributed by atoms with Crippen LogP contribution in [0.1, 0.15) is 36.2 Å². The van der Waals surface area contributed by atoms with Gasteiger partial charge in [-0.1, -0.05) is 12.8 Å². The Morgan fingerprint density at radius 2 is 2.31 bits per heavy atom. The third kappa shape index (κ3) is 2.17. The number of thiazole rings is 1. The summed E-state index contributed by atoms with van der Waals surface area (Å²) in [5.74, 6) is -0.246. The lowest BCUT2D eigenvalue weighted by atomic mass is 9.99. The lowest BCUT2D eigenvalue weighted by Crippen LogP contribution is -2.49. The highest BCUT2D eigenvalue weighted by Crippen LogP contribution is 2.29. The van der Waals surface area contributed by atoms with Crippen molar-refractivity contribution in [3.05, 3.63) is 11.1 Å². The predicted octanol–water partition coefficient (Wildman–Crippen LogP) is 0.760. The van der Waals surface area contributed by atoms with E-state index in [2.05, 4.69) is 10.3 Å². The summed E-state index contributed by atoms with van der Waals surface area (Å²) in [4.78, 5) is 15.8. The maximum atomic E-state index is 11.8. The number of nitrogen functional groups attached to an aromatic ring is 1. The molecule has 1 aromatic rings. The van der Waals surface area contributed by atoms with Crippen molar-refractivity contribution in [3.63, 3.8) is 0 Å². The molecule has 1 heterocycles. The number of aliphatic hydroxyl groups is 1. The molecule has 0 atom stereocenters. The van der Waals surface area contributed by atoms with E-state index in [4.69, 9.17) is 5.73 Å². The van der Waals surface area contributed by atoms with Gasteiger partial charge in [0.25, 0.3) is 5.91 Å². The molecule has 0 saturated heterocycles. The number of nitrogens with two attached hydrogens (primary N) is 1. The number of rotatable bonds is 3. The molecule has 4 N–H and O–H groups in total. The molecular formula is C10H15N3O2S. The minimum atomic E-state index is -0.449. The van der Waals surface area contributed by atoms with E-state index in [9.17, 15) is 9.90 Å². The molecule has 1 amide bonds. The van der Waals surface area contributed by atoms with E-state index in [-0.39, 0.29) is 12.5 Å². The van der Waals surface area contributed by atoms with Gasteiger partial charge >= 0.3 is 0 Å². The summed E-state index contributed by atoms with van der Waals surface area (Å²) in [6, 6.07) is 0. The molecule has 6 heteroatoms. The van der Waals surface area contributed by atoms with Crippen LogP contribution >= 0.6 is 11.3 Å². The molecule has 0 spiro atoms. The van der Waals surface area contributed by atoms with E-state index < -0.39 is 5.54 Å². The van der Waals surface area contributed by atoms with Gasteiger partial charge in [-0.15, -0.1) is 11.3 Å². The summed E-state index contributed by atoms with van der Waals surface area (Å²) in [5.41, 5.74) is 5.35. The lowest BCUT2D eigenvalue weighted by Gasteiger charge is -2.27. The maximum absolute atomic E-state index is 11.8. The molecule has 0 radical (unpaired) electrons. The number of hydrogen-bond acceptors (Lipinski definition) is 5. The summed E-state index contributed by atoms with van der Waals surface area (Å²) in [5, 5.41) is 14.2. The first-order valence-corrected chi connectivity index (χ1v) is 6.18. The fourth-order valence-electron chi connectivity index (χ4n) is 2.07. The van der Waals surface area contributed by atoms with Crippen LogP contribution in [0.4, 0.5) is 5.13 Å². The topological polar surface area (TPSA) is 88.2 Å². The number of carbonyl (C=O) groups excluding carboxylic acids is 1. The van der Waals surface area contributed by atoms with Crippen LogP contribution in [0.2, 0.25) is 0 Å². The molecule has 1 aliphatic rings. The molecule has 16 heavy (non-hydrogen) atoms. The van der Waals surface area contributed by atoms with Crippen LogP contribution in [0.15, 0.2) is 5.38 Å². The standard InChI is InChI=1S/C10H15N3O2S/c11-9-12-7(5-16-9)8(15)13-10(6-14)3-1-2-4-10/h5,14H,1-4,6H2,(H2,11,12)(H,13,15). The summed E-state index contributed by atoms with van der Waals surface area (Å²) >= 11 is 1.24. The molecular weight excluding hydrogens is 226 g/mol. The smallest absolute Gasteiger partial charge is 0.271 e.